The summed E-state index contributed by atoms with van der Waals surface area (Å²) in [4.78, 5) is 39.7. The van der Waals surface area contributed by atoms with Crippen molar-refractivity contribution in [3.63, 3.8) is 0 Å². The van der Waals surface area contributed by atoms with Crippen LogP contribution in [-0.4, -0.2) is 38.5 Å². The summed E-state index contributed by atoms with van der Waals surface area (Å²) in [6.07, 6.45) is 5.97. The SMILES string of the molecule is Cc1cccc(Cn2cccc(C(=O)N3[C@H](C(=O)O)C[C@H]4CCCC[C@@H]43)c2=O)c1. The topological polar surface area (TPSA) is 79.6 Å². The van der Waals surface area contributed by atoms with Crippen LogP contribution in [0.3, 0.4) is 0 Å². The summed E-state index contributed by atoms with van der Waals surface area (Å²) in [7, 11) is 0. The van der Waals surface area contributed by atoms with Gasteiger partial charge in [-0.3, -0.25) is 9.59 Å². The third-order valence-corrected chi connectivity index (χ3v) is 6.29. The Labute approximate surface area is 169 Å². The Morgan fingerprint density at radius 1 is 1.14 bits per heavy atom. The number of fused-ring (bicyclic) bond motifs is 1. The van der Waals surface area contributed by atoms with Crippen molar-refractivity contribution in [3.05, 3.63) is 69.6 Å². The van der Waals surface area contributed by atoms with Crippen molar-refractivity contribution >= 4 is 11.9 Å². The molecule has 0 radical (unpaired) electrons. The van der Waals surface area contributed by atoms with Crippen LogP contribution in [0.25, 0.3) is 0 Å². The van der Waals surface area contributed by atoms with Crippen LogP contribution in [0, 0.1) is 12.8 Å². The van der Waals surface area contributed by atoms with Crippen LogP contribution < -0.4 is 5.56 Å². The van der Waals surface area contributed by atoms with Crippen LogP contribution >= 0.6 is 0 Å². The van der Waals surface area contributed by atoms with Crippen molar-refractivity contribution in [2.45, 2.75) is 57.7 Å². The maximum atomic E-state index is 13.3. The fourth-order valence-electron chi connectivity index (χ4n) is 4.94. The minimum Gasteiger partial charge on any atom is -0.480 e. The van der Waals surface area contributed by atoms with Gasteiger partial charge in [-0.1, -0.05) is 42.7 Å². The number of hydrogen-bond donors (Lipinski definition) is 1. The first kappa shape index (κ1) is 19.4. The quantitative estimate of drug-likeness (QED) is 0.864. The lowest BCUT2D eigenvalue weighted by molar-refractivity contribution is -0.141. The molecule has 0 unspecified atom stereocenters. The van der Waals surface area contributed by atoms with Crippen molar-refractivity contribution in [1.82, 2.24) is 9.47 Å². The second-order valence-electron chi connectivity index (χ2n) is 8.26. The highest BCUT2D eigenvalue weighted by molar-refractivity contribution is 5.97. The number of pyridine rings is 1. The van der Waals surface area contributed by atoms with Gasteiger partial charge in [0.05, 0.1) is 6.54 Å². The summed E-state index contributed by atoms with van der Waals surface area (Å²) in [5.74, 6) is -1.22. The lowest BCUT2D eigenvalue weighted by Gasteiger charge is -2.33. The Balaban J connectivity index is 1.66. The molecule has 2 aliphatic rings. The Bertz CT molecular complexity index is 996. The van der Waals surface area contributed by atoms with Gasteiger partial charge in [0.15, 0.2) is 0 Å². The molecule has 2 heterocycles. The molecule has 1 saturated heterocycles. The summed E-state index contributed by atoms with van der Waals surface area (Å²) in [5.41, 5.74) is 1.76. The van der Waals surface area contributed by atoms with Crippen LogP contribution in [-0.2, 0) is 11.3 Å². The van der Waals surface area contributed by atoms with Crippen LogP contribution in [0.2, 0.25) is 0 Å². The van der Waals surface area contributed by atoms with E-state index in [1.54, 1.807) is 12.3 Å². The lowest BCUT2D eigenvalue weighted by atomic mass is 9.84. The zero-order valence-corrected chi connectivity index (χ0v) is 16.6. The van der Waals surface area contributed by atoms with Gasteiger partial charge >= 0.3 is 5.97 Å². The van der Waals surface area contributed by atoms with Gasteiger partial charge in [0.2, 0.25) is 0 Å². The molecule has 0 spiro atoms. The molecule has 0 bridgehead atoms. The number of aryl methyl sites for hydroxylation is 1. The summed E-state index contributed by atoms with van der Waals surface area (Å²) >= 11 is 0. The van der Waals surface area contributed by atoms with Crippen LogP contribution in [0.5, 0.6) is 0 Å². The number of carbonyl (C=O) groups is 2. The maximum Gasteiger partial charge on any atom is 0.326 e. The van der Waals surface area contributed by atoms with Gasteiger partial charge in [-0.15, -0.1) is 0 Å². The van der Waals surface area contributed by atoms with E-state index in [2.05, 4.69) is 0 Å². The molecule has 1 aromatic carbocycles. The number of aliphatic carboxylic acids is 1. The molecule has 1 amide bonds. The molecule has 1 saturated carbocycles. The van der Waals surface area contributed by atoms with Gasteiger partial charge in [-0.25, -0.2) is 4.79 Å². The Kier molecular flexibility index (Phi) is 5.26. The molecule has 152 valence electrons. The first-order valence-electron chi connectivity index (χ1n) is 10.3. The van der Waals surface area contributed by atoms with Gasteiger partial charge in [0.25, 0.3) is 11.5 Å². The second kappa shape index (κ2) is 7.85. The van der Waals surface area contributed by atoms with Gasteiger partial charge < -0.3 is 14.6 Å². The van der Waals surface area contributed by atoms with E-state index in [1.807, 2.05) is 31.2 Å². The van der Waals surface area contributed by atoms with Crippen molar-refractivity contribution in [3.8, 4) is 0 Å². The number of likely N-dealkylation sites (tertiary alicyclic amines) is 1. The molecule has 1 aromatic heterocycles. The number of aromatic nitrogens is 1. The molecule has 2 fully saturated rings. The molecule has 4 rings (SSSR count). The molecule has 3 atom stereocenters. The fraction of sp³-hybridized carbons (Fsp3) is 0.435. The van der Waals surface area contributed by atoms with Gasteiger partial charge in [0.1, 0.15) is 11.6 Å². The predicted octanol–water partition coefficient (Wildman–Crippen LogP) is 3.06. The maximum absolute atomic E-state index is 13.3. The highest BCUT2D eigenvalue weighted by Gasteiger charge is 2.48. The Hall–Kier alpha value is -2.89. The summed E-state index contributed by atoms with van der Waals surface area (Å²) < 4.78 is 1.52. The van der Waals surface area contributed by atoms with E-state index in [4.69, 9.17) is 0 Å². The van der Waals surface area contributed by atoms with Crippen LogP contribution in [0.1, 0.15) is 53.6 Å². The molecule has 29 heavy (non-hydrogen) atoms. The molecule has 2 aromatic rings. The average Bonchev–Trinajstić information content (AvgIpc) is 3.09. The van der Waals surface area contributed by atoms with Gasteiger partial charge in [0, 0.05) is 12.2 Å². The lowest BCUT2D eigenvalue weighted by Crippen LogP contribution is -2.48. The van der Waals surface area contributed by atoms with E-state index >= 15 is 0 Å². The van der Waals surface area contributed by atoms with Gasteiger partial charge in [-0.05, 0) is 49.8 Å². The van der Waals surface area contributed by atoms with Crippen molar-refractivity contribution in [2.24, 2.45) is 5.92 Å². The summed E-state index contributed by atoms with van der Waals surface area (Å²) in [6, 6.07) is 10.2. The number of hydrogen-bond acceptors (Lipinski definition) is 3. The van der Waals surface area contributed by atoms with Crippen LogP contribution in [0.4, 0.5) is 0 Å². The average molecular weight is 394 g/mol. The van der Waals surface area contributed by atoms with E-state index in [-0.39, 0.29) is 23.1 Å². The van der Waals surface area contributed by atoms with Crippen molar-refractivity contribution in [1.29, 1.82) is 0 Å². The minimum absolute atomic E-state index is 0.0534. The number of rotatable bonds is 4. The molecule has 6 heteroatoms. The third-order valence-electron chi connectivity index (χ3n) is 6.29. The van der Waals surface area contributed by atoms with Crippen LogP contribution in [0.15, 0.2) is 47.4 Å². The summed E-state index contributed by atoms with van der Waals surface area (Å²) in [5, 5.41) is 9.69. The van der Waals surface area contributed by atoms with E-state index in [1.165, 1.54) is 15.5 Å². The van der Waals surface area contributed by atoms with E-state index in [9.17, 15) is 19.5 Å². The monoisotopic (exact) mass is 394 g/mol. The van der Waals surface area contributed by atoms with E-state index in [0.717, 1.165) is 36.8 Å². The highest BCUT2D eigenvalue weighted by atomic mass is 16.4. The standard InChI is InChI=1S/C23H26N2O4/c1-15-6-4-7-16(12-15)14-24-11-5-9-18(21(24)26)22(27)25-19-10-3-2-8-17(19)13-20(25)23(28)29/h4-7,9,11-12,17,19-20H,2-3,8,10,13-14H2,1H3,(H,28,29)/t17-,19+,20+/m1/s1. The smallest absolute Gasteiger partial charge is 0.326 e. The fourth-order valence-corrected chi connectivity index (χ4v) is 4.94. The Morgan fingerprint density at radius 2 is 1.93 bits per heavy atom. The predicted molar refractivity (Wildman–Crippen MR) is 109 cm³/mol. The van der Waals surface area contributed by atoms with Gasteiger partial charge in [-0.2, -0.15) is 0 Å². The zero-order valence-electron chi connectivity index (χ0n) is 16.6. The van der Waals surface area contributed by atoms with Crippen molar-refractivity contribution < 1.29 is 14.7 Å². The number of benzene rings is 1. The number of carboxylic acids is 1. The highest BCUT2D eigenvalue weighted by Crippen LogP contribution is 2.40. The molecule has 1 aliphatic carbocycles. The second-order valence-corrected chi connectivity index (χ2v) is 8.26. The number of nitrogens with zero attached hydrogens (tertiary/aromatic N) is 2. The van der Waals surface area contributed by atoms with Crippen molar-refractivity contribution in [2.75, 3.05) is 0 Å². The van der Waals surface area contributed by atoms with E-state index < -0.39 is 17.9 Å². The number of amides is 1. The molecule has 1 N–H and O–H groups in total. The first-order valence-corrected chi connectivity index (χ1v) is 10.3. The molecule has 1 aliphatic heterocycles. The third kappa shape index (κ3) is 3.71. The number of carbonyl (C=O) groups excluding carboxylic acids is 1. The zero-order chi connectivity index (χ0) is 20.5. The first-order chi connectivity index (χ1) is 14.0. The normalized spacial score (nSPS) is 23.6. The number of carboxylic acid groups (broad SMARTS) is 1. The summed E-state index contributed by atoms with van der Waals surface area (Å²) in [6.45, 7) is 2.36. The molecular formula is C23H26N2O4. The largest absolute Gasteiger partial charge is 0.480 e. The van der Waals surface area contributed by atoms with E-state index in [0.29, 0.717) is 13.0 Å². The minimum atomic E-state index is -0.983. The molecular weight excluding hydrogens is 368 g/mol. The Morgan fingerprint density at radius 3 is 2.69 bits per heavy atom. The molecule has 6 nitrogen and oxygen atoms in total.